The highest BCUT2D eigenvalue weighted by atomic mass is 16.2. The molecule has 2 amide bonds. The third kappa shape index (κ3) is 5.71. The summed E-state index contributed by atoms with van der Waals surface area (Å²) in [7, 11) is 0. The Bertz CT molecular complexity index is 837. The van der Waals surface area contributed by atoms with E-state index in [0.717, 1.165) is 36.8 Å². The molecular formula is C26H34N2O2. The second-order valence-electron chi connectivity index (χ2n) is 9.00. The van der Waals surface area contributed by atoms with Gasteiger partial charge < -0.3 is 10.2 Å². The average molecular weight is 407 g/mol. The summed E-state index contributed by atoms with van der Waals surface area (Å²) in [6.07, 6.45) is 5.89. The van der Waals surface area contributed by atoms with Gasteiger partial charge in [-0.3, -0.25) is 9.59 Å². The van der Waals surface area contributed by atoms with Gasteiger partial charge in [0.1, 0.15) is 5.54 Å². The molecule has 0 atom stereocenters. The average Bonchev–Trinajstić information content (AvgIpc) is 2.74. The van der Waals surface area contributed by atoms with Gasteiger partial charge in [-0.25, -0.2) is 0 Å². The zero-order valence-electron chi connectivity index (χ0n) is 18.5. The summed E-state index contributed by atoms with van der Waals surface area (Å²) in [5.74, 6) is -0.103. The quantitative estimate of drug-likeness (QED) is 0.718. The second kappa shape index (κ2) is 9.92. The smallest absolute Gasteiger partial charge is 0.245 e. The van der Waals surface area contributed by atoms with Crippen LogP contribution in [0.15, 0.2) is 54.6 Å². The van der Waals surface area contributed by atoms with E-state index in [-0.39, 0.29) is 24.3 Å². The molecule has 30 heavy (non-hydrogen) atoms. The van der Waals surface area contributed by atoms with E-state index in [0.29, 0.717) is 6.54 Å². The molecule has 1 aliphatic carbocycles. The molecule has 0 radical (unpaired) electrons. The zero-order chi connectivity index (χ0) is 21.6. The number of hydrogen-bond donors (Lipinski definition) is 1. The molecule has 0 heterocycles. The maximum Gasteiger partial charge on any atom is 0.245 e. The topological polar surface area (TPSA) is 49.4 Å². The summed E-state index contributed by atoms with van der Waals surface area (Å²) in [5.41, 5.74) is 2.23. The summed E-state index contributed by atoms with van der Waals surface area (Å²) in [5, 5.41) is 3.22. The Hall–Kier alpha value is -2.62. The minimum Gasteiger partial charge on any atom is -0.351 e. The van der Waals surface area contributed by atoms with Crippen molar-refractivity contribution in [1.82, 2.24) is 10.2 Å². The van der Waals surface area contributed by atoms with Crippen LogP contribution < -0.4 is 5.32 Å². The molecule has 2 aromatic rings. The molecule has 0 aliphatic heterocycles. The fourth-order valence-corrected chi connectivity index (χ4v) is 4.07. The Kier molecular flexibility index (Phi) is 7.30. The van der Waals surface area contributed by atoms with E-state index < -0.39 is 5.54 Å². The maximum atomic E-state index is 13.4. The van der Waals surface area contributed by atoms with Crippen LogP contribution in [0.25, 0.3) is 0 Å². The first-order valence-electron chi connectivity index (χ1n) is 11.1. The van der Waals surface area contributed by atoms with Crippen molar-refractivity contribution in [1.29, 1.82) is 0 Å². The third-order valence-electron chi connectivity index (χ3n) is 6.13. The Labute approximate surface area is 180 Å². The van der Waals surface area contributed by atoms with Crippen LogP contribution >= 0.6 is 0 Å². The van der Waals surface area contributed by atoms with Gasteiger partial charge in [-0.15, -0.1) is 0 Å². The lowest BCUT2D eigenvalue weighted by Crippen LogP contribution is -2.58. The molecule has 1 fully saturated rings. The number of aryl methyl sites for hydroxylation is 1. The molecule has 160 valence electrons. The lowest BCUT2D eigenvalue weighted by Gasteiger charge is -2.39. The maximum absolute atomic E-state index is 13.4. The van der Waals surface area contributed by atoms with Crippen molar-refractivity contribution in [3.8, 4) is 0 Å². The first-order chi connectivity index (χ1) is 14.4. The van der Waals surface area contributed by atoms with E-state index in [4.69, 9.17) is 0 Å². The van der Waals surface area contributed by atoms with Crippen LogP contribution in [0.2, 0.25) is 0 Å². The number of carbonyl (C=O) groups is 2. The molecular weight excluding hydrogens is 372 g/mol. The normalized spacial score (nSPS) is 14.9. The fourth-order valence-electron chi connectivity index (χ4n) is 4.07. The molecule has 0 bridgehead atoms. The van der Waals surface area contributed by atoms with Crippen molar-refractivity contribution in [3.05, 3.63) is 71.3 Å². The van der Waals surface area contributed by atoms with E-state index in [1.807, 2.05) is 75.4 Å². The highest BCUT2D eigenvalue weighted by Crippen LogP contribution is 2.23. The van der Waals surface area contributed by atoms with Gasteiger partial charge in [0.25, 0.3) is 0 Å². The predicted molar refractivity (Wildman–Crippen MR) is 121 cm³/mol. The molecule has 4 nitrogen and oxygen atoms in total. The molecule has 4 heteroatoms. The minimum atomic E-state index is -0.936. The van der Waals surface area contributed by atoms with Crippen LogP contribution in [-0.4, -0.2) is 28.3 Å². The van der Waals surface area contributed by atoms with E-state index in [9.17, 15) is 9.59 Å². The van der Waals surface area contributed by atoms with E-state index >= 15 is 0 Å². The predicted octanol–water partition coefficient (Wildman–Crippen LogP) is 4.79. The standard InChI is InChI=1S/C26H34N2O2/c1-20-14-16-22(17-15-20)19-28(24(29)18-21-10-6-4-7-11-21)26(2,3)25(30)27-23-12-8-5-9-13-23/h4,6-7,10-11,14-17,23H,5,8-9,12-13,18-19H2,1-3H3,(H,27,30). The molecule has 0 unspecified atom stereocenters. The number of hydrogen-bond acceptors (Lipinski definition) is 2. The number of amides is 2. The van der Waals surface area contributed by atoms with Crippen LogP contribution in [0.3, 0.4) is 0 Å². The van der Waals surface area contributed by atoms with Gasteiger partial charge in [-0.2, -0.15) is 0 Å². The van der Waals surface area contributed by atoms with Crippen molar-refractivity contribution < 1.29 is 9.59 Å². The SMILES string of the molecule is Cc1ccc(CN(C(=O)Cc2ccccc2)C(C)(C)C(=O)NC2CCCCC2)cc1. The largest absolute Gasteiger partial charge is 0.351 e. The summed E-state index contributed by atoms with van der Waals surface area (Å²) in [6, 6.07) is 18.1. The van der Waals surface area contributed by atoms with Crippen LogP contribution in [0.1, 0.15) is 62.6 Å². The van der Waals surface area contributed by atoms with Crippen molar-refractivity contribution in [2.45, 2.75) is 77.4 Å². The van der Waals surface area contributed by atoms with Gasteiger partial charge in [-0.05, 0) is 44.7 Å². The Morgan fingerprint density at radius 2 is 1.57 bits per heavy atom. The molecule has 1 saturated carbocycles. The summed E-state index contributed by atoms with van der Waals surface area (Å²) in [4.78, 5) is 28.4. The molecule has 0 aromatic heterocycles. The summed E-state index contributed by atoms with van der Waals surface area (Å²) < 4.78 is 0. The lowest BCUT2D eigenvalue weighted by molar-refractivity contribution is -0.146. The zero-order valence-corrected chi connectivity index (χ0v) is 18.5. The number of carbonyl (C=O) groups excluding carboxylic acids is 2. The first-order valence-corrected chi connectivity index (χ1v) is 11.1. The molecule has 0 saturated heterocycles. The third-order valence-corrected chi connectivity index (χ3v) is 6.13. The molecule has 1 aliphatic rings. The highest BCUT2D eigenvalue weighted by Gasteiger charge is 2.38. The minimum absolute atomic E-state index is 0.0365. The van der Waals surface area contributed by atoms with Crippen LogP contribution in [0, 0.1) is 6.92 Å². The lowest BCUT2D eigenvalue weighted by atomic mass is 9.93. The van der Waals surface area contributed by atoms with Crippen LogP contribution in [-0.2, 0) is 22.6 Å². The van der Waals surface area contributed by atoms with Crippen LogP contribution in [0.5, 0.6) is 0 Å². The van der Waals surface area contributed by atoms with Gasteiger partial charge in [-0.1, -0.05) is 79.4 Å². The number of rotatable bonds is 7. The Morgan fingerprint density at radius 3 is 2.20 bits per heavy atom. The Balaban J connectivity index is 1.81. The molecule has 0 spiro atoms. The highest BCUT2D eigenvalue weighted by molar-refractivity contribution is 5.91. The number of nitrogens with one attached hydrogen (secondary N) is 1. The van der Waals surface area contributed by atoms with Crippen molar-refractivity contribution in [2.75, 3.05) is 0 Å². The van der Waals surface area contributed by atoms with Crippen molar-refractivity contribution >= 4 is 11.8 Å². The molecule has 2 aromatic carbocycles. The van der Waals surface area contributed by atoms with Crippen LogP contribution in [0.4, 0.5) is 0 Å². The van der Waals surface area contributed by atoms with Gasteiger partial charge in [0, 0.05) is 12.6 Å². The van der Waals surface area contributed by atoms with Gasteiger partial charge >= 0.3 is 0 Å². The second-order valence-corrected chi connectivity index (χ2v) is 9.00. The first kappa shape index (κ1) is 22.1. The van der Waals surface area contributed by atoms with E-state index in [1.54, 1.807) is 4.90 Å². The van der Waals surface area contributed by atoms with Crippen molar-refractivity contribution in [3.63, 3.8) is 0 Å². The van der Waals surface area contributed by atoms with Crippen molar-refractivity contribution in [2.24, 2.45) is 0 Å². The van der Waals surface area contributed by atoms with Gasteiger partial charge in [0.05, 0.1) is 6.42 Å². The van der Waals surface area contributed by atoms with Gasteiger partial charge in [0.2, 0.25) is 11.8 Å². The summed E-state index contributed by atoms with van der Waals surface area (Å²) >= 11 is 0. The monoisotopic (exact) mass is 406 g/mol. The van der Waals surface area contributed by atoms with E-state index in [2.05, 4.69) is 5.32 Å². The summed E-state index contributed by atoms with van der Waals surface area (Å²) in [6.45, 7) is 6.19. The number of nitrogens with zero attached hydrogens (tertiary/aromatic N) is 1. The Morgan fingerprint density at radius 1 is 0.933 bits per heavy atom. The fraction of sp³-hybridized carbons (Fsp3) is 0.462. The molecule has 1 N–H and O–H groups in total. The van der Waals surface area contributed by atoms with E-state index in [1.165, 1.54) is 12.0 Å². The molecule has 3 rings (SSSR count). The van der Waals surface area contributed by atoms with Gasteiger partial charge in [0.15, 0.2) is 0 Å². The number of benzene rings is 2.